The number of allylic oxidation sites excluding steroid dienone is 2. The van der Waals surface area contributed by atoms with Crippen LogP contribution in [0.15, 0.2) is 73.0 Å². The normalized spacial score (nSPS) is 21.5. The van der Waals surface area contributed by atoms with Crippen LogP contribution in [-0.4, -0.2) is 67.0 Å². The van der Waals surface area contributed by atoms with Crippen LogP contribution in [0.2, 0.25) is 0 Å². The standard InChI is InChI=1S/C30H42N6O/c1-3-27-10-7-12-29(34-27)30(25-13-15-26(31)16-14-25)36-19-4-5-20-37-23-35(18-8-17-32-22-36)21-28-11-6-9-24(2)33-28/h3,6-7,9-16,24,30,32-33H,1,4-5,8,17-23,31H2,2H3. The molecule has 4 N–H and O–H groups in total. The van der Waals surface area contributed by atoms with Crippen molar-refractivity contribution in [1.29, 1.82) is 0 Å². The Morgan fingerprint density at radius 1 is 1.16 bits per heavy atom. The zero-order valence-electron chi connectivity index (χ0n) is 22.1. The van der Waals surface area contributed by atoms with E-state index >= 15 is 0 Å². The second-order valence-electron chi connectivity index (χ2n) is 9.89. The fourth-order valence-corrected chi connectivity index (χ4v) is 4.90. The van der Waals surface area contributed by atoms with Gasteiger partial charge in [0.15, 0.2) is 0 Å². The molecule has 0 aliphatic carbocycles. The Balaban J connectivity index is 1.45. The highest BCUT2D eigenvalue weighted by Crippen LogP contribution is 2.28. The van der Waals surface area contributed by atoms with Crippen LogP contribution in [0.3, 0.4) is 0 Å². The topological polar surface area (TPSA) is 78.7 Å². The minimum absolute atomic E-state index is 0.0231. The van der Waals surface area contributed by atoms with Crippen LogP contribution >= 0.6 is 0 Å². The molecule has 1 aromatic carbocycles. The molecule has 7 heteroatoms. The van der Waals surface area contributed by atoms with E-state index in [1.807, 2.05) is 18.2 Å². The predicted molar refractivity (Wildman–Crippen MR) is 153 cm³/mol. The van der Waals surface area contributed by atoms with Crippen LogP contribution in [-0.2, 0) is 4.74 Å². The third kappa shape index (κ3) is 8.27. The molecule has 37 heavy (non-hydrogen) atoms. The van der Waals surface area contributed by atoms with Crippen molar-refractivity contribution < 1.29 is 4.74 Å². The molecule has 2 atom stereocenters. The van der Waals surface area contributed by atoms with Gasteiger partial charge in [0.1, 0.15) is 0 Å². The number of ether oxygens (including phenoxy) is 1. The van der Waals surface area contributed by atoms with Gasteiger partial charge in [-0.05, 0) is 74.7 Å². The lowest BCUT2D eigenvalue weighted by Gasteiger charge is -2.32. The van der Waals surface area contributed by atoms with E-state index in [1.165, 1.54) is 11.3 Å². The quantitative estimate of drug-likeness (QED) is 0.513. The number of nitrogens with zero attached hydrogens (tertiary/aromatic N) is 3. The third-order valence-corrected chi connectivity index (χ3v) is 6.80. The van der Waals surface area contributed by atoms with E-state index in [4.69, 9.17) is 15.5 Å². The number of pyridine rings is 1. The summed E-state index contributed by atoms with van der Waals surface area (Å²) >= 11 is 0. The Morgan fingerprint density at radius 3 is 2.84 bits per heavy atom. The first-order valence-electron chi connectivity index (χ1n) is 13.5. The minimum Gasteiger partial charge on any atom is -0.399 e. The van der Waals surface area contributed by atoms with Gasteiger partial charge in [-0.2, -0.15) is 0 Å². The first-order chi connectivity index (χ1) is 18.1. The lowest BCUT2D eigenvalue weighted by Crippen LogP contribution is -2.40. The van der Waals surface area contributed by atoms with Crippen molar-refractivity contribution in [2.75, 3.05) is 51.9 Å². The molecule has 7 nitrogen and oxygen atoms in total. The Morgan fingerprint density at radius 2 is 2.03 bits per heavy atom. The smallest absolute Gasteiger partial charge is 0.0993 e. The number of benzene rings is 1. The van der Waals surface area contributed by atoms with Gasteiger partial charge in [0, 0.05) is 50.3 Å². The van der Waals surface area contributed by atoms with E-state index in [0.717, 1.165) is 75.8 Å². The number of nitrogen functional groups attached to an aromatic ring is 1. The van der Waals surface area contributed by atoms with Crippen molar-refractivity contribution in [3.05, 3.63) is 89.9 Å². The average molecular weight is 503 g/mol. The van der Waals surface area contributed by atoms with Crippen molar-refractivity contribution in [3.63, 3.8) is 0 Å². The molecule has 0 amide bonds. The molecule has 198 valence electrons. The molecule has 1 aromatic heterocycles. The Kier molecular flexibility index (Phi) is 10.3. The number of hydrogen-bond acceptors (Lipinski definition) is 7. The lowest BCUT2D eigenvalue weighted by atomic mass is 10.00. The fraction of sp³-hybridized carbons (Fsp3) is 0.433. The lowest BCUT2D eigenvalue weighted by molar-refractivity contribution is 0.0301. The molecule has 0 spiro atoms. The van der Waals surface area contributed by atoms with Crippen molar-refractivity contribution in [2.45, 2.75) is 38.3 Å². The number of dihydropyridines is 1. The average Bonchev–Trinajstić information content (AvgIpc) is 2.93. The van der Waals surface area contributed by atoms with Gasteiger partial charge < -0.3 is 21.1 Å². The molecule has 0 bridgehead atoms. The molecule has 2 aliphatic heterocycles. The molecule has 1 fully saturated rings. The van der Waals surface area contributed by atoms with Crippen LogP contribution in [0.5, 0.6) is 0 Å². The summed E-state index contributed by atoms with van der Waals surface area (Å²) in [6.07, 6.45) is 11.4. The maximum atomic E-state index is 6.11. The van der Waals surface area contributed by atoms with Crippen molar-refractivity contribution in [2.24, 2.45) is 0 Å². The van der Waals surface area contributed by atoms with Crippen LogP contribution < -0.4 is 16.4 Å². The van der Waals surface area contributed by atoms with Crippen molar-refractivity contribution in [3.8, 4) is 0 Å². The summed E-state index contributed by atoms with van der Waals surface area (Å²) in [5, 5.41) is 7.27. The van der Waals surface area contributed by atoms with E-state index < -0.39 is 0 Å². The Labute approximate surface area is 222 Å². The molecule has 4 rings (SSSR count). The van der Waals surface area contributed by atoms with E-state index in [2.05, 4.69) is 76.4 Å². The summed E-state index contributed by atoms with van der Waals surface area (Å²) in [6.45, 7) is 12.0. The highest BCUT2D eigenvalue weighted by molar-refractivity contribution is 5.44. The summed E-state index contributed by atoms with van der Waals surface area (Å²) in [5.41, 5.74) is 11.1. The van der Waals surface area contributed by atoms with Gasteiger partial charge in [0.2, 0.25) is 0 Å². The fourth-order valence-electron chi connectivity index (χ4n) is 4.90. The van der Waals surface area contributed by atoms with Gasteiger partial charge in [-0.25, -0.2) is 0 Å². The minimum atomic E-state index is 0.0231. The first kappa shape index (κ1) is 27.1. The molecule has 3 heterocycles. The predicted octanol–water partition coefficient (Wildman–Crippen LogP) is 4.14. The van der Waals surface area contributed by atoms with E-state index in [0.29, 0.717) is 12.8 Å². The van der Waals surface area contributed by atoms with E-state index in [1.54, 1.807) is 6.08 Å². The van der Waals surface area contributed by atoms with Crippen molar-refractivity contribution in [1.82, 2.24) is 25.4 Å². The van der Waals surface area contributed by atoms with Crippen molar-refractivity contribution >= 4 is 11.8 Å². The van der Waals surface area contributed by atoms with Gasteiger partial charge in [-0.1, -0.05) is 36.9 Å². The molecular formula is C30H42N6O. The van der Waals surface area contributed by atoms with E-state index in [-0.39, 0.29) is 6.04 Å². The van der Waals surface area contributed by atoms with Gasteiger partial charge in [0.25, 0.3) is 0 Å². The molecule has 2 aromatic rings. The zero-order valence-corrected chi connectivity index (χ0v) is 22.1. The molecule has 2 unspecified atom stereocenters. The number of nitrogens with two attached hydrogens (primary N) is 1. The van der Waals surface area contributed by atoms with Crippen LogP contribution in [0.1, 0.15) is 49.2 Å². The highest BCUT2D eigenvalue weighted by Gasteiger charge is 2.24. The third-order valence-electron chi connectivity index (χ3n) is 6.80. The van der Waals surface area contributed by atoms with Crippen LogP contribution in [0, 0.1) is 0 Å². The Bertz CT molecular complexity index is 1050. The molecular weight excluding hydrogens is 460 g/mol. The number of aromatic nitrogens is 1. The summed E-state index contributed by atoms with van der Waals surface area (Å²) in [5.74, 6) is 0. The maximum Gasteiger partial charge on any atom is 0.0993 e. The molecule has 2 aliphatic rings. The summed E-state index contributed by atoms with van der Waals surface area (Å²) in [4.78, 5) is 9.79. The zero-order chi connectivity index (χ0) is 25.9. The SMILES string of the molecule is C=Cc1cccc(C(c2ccc(N)cc2)N2CCCCOCN(CC3=CC=CC(C)N3)CCCNC2)n1. The van der Waals surface area contributed by atoms with Gasteiger partial charge in [-0.15, -0.1) is 0 Å². The maximum absolute atomic E-state index is 6.11. The number of anilines is 1. The summed E-state index contributed by atoms with van der Waals surface area (Å²) < 4.78 is 6.11. The monoisotopic (exact) mass is 502 g/mol. The van der Waals surface area contributed by atoms with Gasteiger partial charge >= 0.3 is 0 Å². The molecule has 0 radical (unpaired) electrons. The largest absolute Gasteiger partial charge is 0.399 e. The number of rotatable bonds is 6. The second kappa shape index (κ2) is 14.1. The van der Waals surface area contributed by atoms with Crippen LogP contribution in [0.4, 0.5) is 5.69 Å². The molecule has 1 saturated heterocycles. The number of nitrogens with one attached hydrogen (secondary N) is 2. The first-order valence-corrected chi connectivity index (χ1v) is 13.5. The van der Waals surface area contributed by atoms with E-state index in [9.17, 15) is 0 Å². The summed E-state index contributed by atoms with van der Waals surface area (Å²) in [6, 6.07) is 14.8. The van der Waals surface area contributed by atoms with Crippen LogP contribution in [0.25, 0.3) is 6.08 Å². The summed E-state index contributed by atoms with van der Waals surface area (Å²) in [7, 11) is 0. The van der Waals surface area contributed by atoms with Gasteiger partial charge in [0.05, 0.1) is 24.2 Å². The highest BCUT2D eigenvalue weighted by atomic mass is 16.5. The molecule has 0 saturated carbocycles. The number of hydrogen-bond donors (Lipinski definition) is 3. The second-order valence-corrected chi connectivity index (χ2v) is 9.89. The Hall–Kier alpha value is -2.97. The van der Waals surface area contributed by atoms with Gasteiger partial charge in [-0.3, -0.25) is 14.8 Å².